The molecule has 1 saturated heterocycles. The number of fused-ring (bicyclic) bond motifs is 1. The Morgan fingerprint density at radius 3 is 2.82 bits per heavy atom. The van der Waals surface area contributed by atoms with Crippen molar-refractivity contribution < 1.29 is 29.0 Å². The molecule has 0 bridgehead atoms. The second-order valence-corrected chi connectivity index (χ2v) is 7.84. The zero-order valence-electron chi connectivity index (χ0n) is 14.7. The van der Waals surface area contributed by atoms with Crippen molar-refractivity contribution in [3.05, 3.63) is 17.6 Å². The van der Waals surface area contributed by atoms with Crippen LogP contribution in [0.15, 0.2) is 22.8 Å². The highest BCUT2D eigenvalue weighted by Gasteiger charge is 2.66. The van der Waals surface area contributed by atoms with E-state index < -0.39 is 34.9 Å². The Bertz CT molecular complexity index is 901. The standard InChI is InChI=1S/C14H16N6O6S2/c1-6(21)17-14(26-2)10(24)20-8(9(22)23)7(3-27-11(14)20)4-28-13-18-16-5-19(13)12(15)25/h5,11H,3-4H2,1-2H3,(H2,15,25)(H,17,21)(H,22,23)/t11-,14?/m0/s1. The van der Waals surface area contributed by atoms with Crippen LogP contribution in [0.25, 0.3) is 0 Å². The highest BCUT2D eigenvalue weighted by molar-refractivity contribution is 8.01. The van der Waals surface area contributed by atoms with E-state index in [0.717, 1.165) is 27.6 Å². The molecule has 0 aromatic carbocycles. The van der Waals surface area contributed by atoms with Gasteiger partial charge in [0.1, 0.15) is 17.4 Å². The molecule has 14 heteroatoms. The van der Waals surface area contributed by atoms with E-state index in [1.165, 1.54) is 25.8 Å². The van der Waals surface area contributed by atoms with Crippen LogP contribution >= 0.6 is 23.5 Å². The molecule has 150 valence electrons. The monoisotopic (exact) mass is 428 g/mol. The summed E-state index contributed by atoms with van der Waals surface area (Å²) in [6.45, 7) is 1.25. The molecule has 3 heterocycles. The highest BCUT2D eigenvalue weighted by atomic mass is 32.2. The first-order valence-electron chi connectivity index (χ1n) is 7.80. The third-order valence-corrected chi connectivity index (χ3v) is 6.53. The number of carboxylic acids is 1. The Morgan fingerprint density at radius 2 is 2.25 bits per heavy atom. The Kier molecular flexibility index (Phi) is 5.36. The summed E-state index contributed by atoms with van der Waals surface area (Å²) in [5, 5.41) is 19.0. The van der Waals surface area contributed by atoms with Crippen LogP contribution in [-0.4, -0.2) is 78.3 Å². The third kappa shape index (κ3) is 3.12. The minimum absolute atomic E-state index is 0.150. The molecule has 3 amide bonds. The number of nitrogens with two attached hydrogens (primary N) is 1. The summed E-state index contributed by atoms with van der Waals surface area (Å²) >= 11 is 2.33. The van der Waals surface area contributed by atoms with E-state index >= 15 is 0 Å². The Balaban J connectivity index is 1.87. The number of primary amides is 1. The lowest BCUT2D eigenvalue weighted by Crippen LogP contribution is -2.80. The lowest BCUT2D eigenvalue weighted by molar-refractivity contribution is -0.192. The molecule has 12 nitrogen and oxygen atoms in total. The van der Waals surface area contributed by atoms with Crippen molar-refractivity contribution >= 4 is 47.3 Å². The van der Waals surface area contributed by atoms with Crippen LogP contribution in [0, 0.1) is 0 Å². The van der Waals surface area contributed by atoms with E-state index in [2.05, 4.69) is 15.5 Å². The number of rotatable bonds is 6. The number of hydrogen-bond acceptors (Lipinski definition) is 9. The zero-order valence-corrected chi connectivity index (χ0v) is 16.4. The van der Waals surface area contributed by atoms with Crippen molar-refractivity contribution in [1.82, 2.24) is 25.0 Å². The summed E-state index contributed by atoms with van der Waals surface area (Å²) in [5.74, 6) is -1.99. The Labute approximate surface area is 166 Å². The third-order valence-electron chi connectivity index (χ3n) is 4.13. The van der Waals surface area contributed by atoms with Crippen LogP contribution in [0.3, 0.4) is 0 Å². The van der Waals surface area contributed by atoms with Gasteiger partial charge in [-0.1, -0.05) is 11.8 Å². The van der Waals surface area contributed by atoms with Gasteiger partial charge in [0.05, 0.1) is 0 Å². The Hall–Kier alpha value is -2.58. The van der Waals surface area contributed by atoms with Crippen molar-refractivity contribution in [2.24, 2.45) is 5.73 Å². The number of carboxylic acid groups (broad SMARTS) is 1. The number of hydrogen-bond donors (Lipinski definition) is 3. The SMILES string of the molecule is COC1(NC(C)=O)C(=O)N2C(C(=O)O)=C(CSc3nncn3C(N)=O)CS[C@H]21. The molecule has 0 radical (unpaired) electrons. The fraction of sp³-hybridized carbons (Fsp3) is 0.429. The zero-order chi connectivity index (χ0) is 20.6. The van der Waals surface area contributed by atoms with E-state index in [1.807, 2.05) is 0 Å². The van der Waals surface area contributed by atoms with Gasteiger partial charge >= 0.3 is 12.0 Å². The van der Waals surface area contributed by atoms with Gasteiger partial charge < -0.3 is 20.9 Å². The summed E-state index contributed by atoms with van der Waals surface area (Å²) in [4.78, 5) is 48.5. The first kappa shape index (κ1) is 20.2. The normalized spacial score (nSPS) is 23.9. The van der Waals surface area contributed by atoms with Crippen molar-refractivity contribution in [2.45, 2.75) is 23.2 Å². The quantitative estimate of drug-likeness (QED) is 0.291. The second kappa shape index (κ2) is 7.44. The van der Waals surface area contributed by atoms with E-state index in [0.29, 0.717) is 5.57 Å². The van der Waals surface area contributed by atoms with Gasteiger partial charge in [-0.3, -0.25) is 14.5 Å². The maximum absolute atomic E-state index is 12.7. The molecule has 0 spiro atoms. The molecule has 2 aliphatic heterocycles. The van der Waals surface area contributed by atoms with Gasteiger partial charge in [-0.25, -0.2) is 14.2 Å². The molecule has 3 rings (SSSR count). The maximum Gasteiger partial charge on any atom is 0.352 e. The number of thioether (sulfide) groups is 2. The van der Waals surface area contributed by atoms with Crippen LogP contribution in [0.4, 0.5) is 4.79 Å². The minimum Gasteiger partial charge on any atom is -0.477 e. The molecular formula is C14H16N6O6S2. The molecule has 0 aliphatic carbocycles. The van der Waals surface area contributed by atoms with Gasteiger partial charge in [0.2, 0.25) is 5.91 Å². The molecule has 1 aromatic heterocycles. The molecule has 4 N–H and O–H groups in total. The average Bonchev–Trinajstić information content (AvgIpc) is 3.11. The van der Waals surface area contributed by atoms with Crippen LogP contribution < -0.4 is 11.1 Å². The highest BCUT2D eigenvalue weighted by Crippen LogP contribution is 2.47. The number of nitrogens with one attached hydrogen (secondary N) is 1. The fourth-order valence-corrected chi connectivity index (χ4v) is 5.43. The summed E-state index contributed by atoms with van der Waals surface area (Å²) in [5.41, 5.74) is 3.90. The van der Waals surface area contributed by atoms with E-state index in [9.17, 15) is 24.3 Å². The minimum atomic E-state index is -1.60. The molecule has 1 fully saturated rings. The molecule has 0 saturated carbocycles. The smallest absolute Gasteiger partial charge is 0.352 e. The van der Waals surface area contributed by atoms with Gasteiger partial charge in [-0.2, -0.15) is 0 Å². The number of carbonyl (C=O) groups is 4. The van der Waals surface area contributed by atoms with Gasteiger partial charge in [0, 0.05) is 25.5 Å². The summed E-state index contributed by atoms with van der Waals surface area (Å²) in [6, 6.07) is -0.767. The maximum atomic E-state index is 12.7. The summed E-state index contributed by atoms with van der Waals surface area (Å²) in [7, 11) is 1.28. The lowest BCUT2D eigenvalue weighted by atomic mass is 9.98. The number of carbonyl (C=O) groups excluding carboxylic acids is 3. The van der Waals surface area contributed by atoms with Gasteiger partial charge in [0.15, 0.2) is 5.16 Å². The van der Waals surface area contributed by atoms with Gasteiger partial charge in [-0.15, -0.1) is 22.0 Å². The van der Waals surface area contributed by atoms with Crippen LogP contribution in [0.1, 0.15) is 6.92 Å². The van der Waals surface area contributed by atoms with Crippen molar-refractivity contribution in [3.63, 3.8) is 0 Å². The number of ether oxygens (including phenoxy) is 1. The van der Waals surface area contributed by atoms with E-state index in [1.54, 1.807) is 0 Å². The lowest BCUT2D eigenvalue weighted by Gasteiger charge is -2.55. The number of aliphatic carboxylic acids is 1. The van der Waals surface area contributed by atoms with Gasteiger partial charge in [-0.05, 0) is 5.57 Å². The van der Waals surface area contributed by atoms with E-state index in [-0.39, 0.29) is 22.4 Å². The number of amides is 3. The number of aromatic nitrogens is 3. The first-order chi connectivity index (χ1) is 13.2. The number of methoxy groups -OCH3 is 1. The predicted molar refractivity (Wildman–Crippen MR) is 97.0 cm³/mol. The van der Waals surface area contributed by atoms with Crippen LogP contribution in [-0.2, 0) is 19.1 Å². The number of nitrogens with zero attached hydrogens (tertiary/aromatic N) is 4. The van der Waals surface area contributed by atoms with E-state index in [4.69, 9.17) is 10.5 Å². The molecule has 1 aromatic rings. The summed E-state index contributed by atoms with van der Waals surface area (Å²) in [6.07, 6.45) is 1.15. The second-order valence-electron chi connectivity index (χ2n) is 5.83. The molecular weight excluding hydrogens is 412 g/mol. The fourth-order valence-electron chi connectivity index (χ4n) is 2.94. The largest absolute Gasteiger partial charge is 0.477 e. The average molecular weight is 428 g/mol. The summed E-state index contributed by atoms with van der Waals surface area (Å²) < 4.78 is 6.29. The molecule has 1 unspecified atom stereocenters. The predicted octanol–water partition coefficient (Wildman–Crippen LogP) is -0.970. The molecule has 2 atom stereocenters. The topological polar surface area (TPSA) is 170 Å². The molecule has 2 aliphatic rings. The molecule has 28 heavy (non-hydrogen) atoms. The van der Waals surface area contributed by atoms with Crippen LogP contribution in [0.2, 0.25) is 0 Å². The van der Waals surface area contributed by atoms with Gasteiger partial charge in [0.25, 0.3) is 11.6 Å². The first-order valence-corrected chi connectivity index (χ1v) is 9.83. The number of β-lactam (4-membered cyclic amide) rings is 1. The van der Waals surface area contributed by atoms with Crippen LogP contribution in [0.5, 0.6) is 0 Å². The Morgan fingerprint density at radius 1 is 1.54 bits per heavy atom. The van der Waals surface area contributed by atoms with Crippen molar-refractivity contribution in [2.75, 3.05) is 18.6 Å². The van der Waals surface area contributed by atoms with Crippen molar-refractivity contribution in [1.29, 1.82) is 0 Å². The van der Waals surface area contributed by atoms with Crippen molar-refractivity contribution in [3.8, 4) is 0 Å².